The summed E-state index contributed by atoms with van der Waals surface area (Å²) in [6.45, 7) is 10.9. The molecule has 0 saturated heterocycles. The van der Waals surface area contributed by atoms with E-state index in [0.29, 0.717) is 29.8 Å². The number of hydrogen-bond acceptors (Lipinski definition) is 7. The molecule has 3 rings (SSSR count). The maximum Gasteiger partial charge on any atom is 0.166 e. The van der Waals surface area contributed by atoms with E-state index in [2.05, 4.69) is 15.6 Å². The summed E-state index contributed by atoms with van der Waals surface area (Å²) in [5.41, 5.74) is 16.8. The quantitative estimate of drug-likeness (QED) is 0.459. The molecule has 34 heavy (non-hydrogen) atoms. The van der Waals surface area contributed by atoms with Crippen LogP contribution in [0.25, 0.3) is 5.70 Å². The zero-order chi connectivity index (χ0) is 25.0. The first kappa shape index (κ1) is 25.2. The molecule has 2 bridgehead atoms. The Hall–Kier alpha value is -3.39. The molecule has 8 heteroatoms. The first-order chi connectivity index (χ1) is 16.0. The van der Waals surface area contributed by atoms with Crippen molar-refractivity contribution in [1.29, 1.82) is 5.41 Å². The molecule has 2 aromatic rings. The number of hydrogen-bond donors (Lipinski definition) is 5. The summed E-state index contributed by atoms with van der Waals surface area (Å²) in [7, 11) is 0. The molecular weight excluding hydrogens is 431 g/mol. The fourth-order valence-electron chi connectivity index (χ4n) is 3.83. The molecule has 0 saturated carbocycles. The van der Waals surface area contributed by atoms with Gasteiger partial charge < -0.3 is 26.8 Å². The number of aromatic nitrogens is 1. The van der Waals surface area contributed by atoms with Gasteiger partial charge in [0.05, 0.1) is 5.71 Å². The van der Waals surface area contributed by atoms with Crippen LogP contribution < -0.4 is 26.8 Å². The van der Waals surface area contributed by atoms with Gasteiger partial charge in [-0.05, 0) is 70.0 Å². The third-order valence-electron chi connectivity index (χ3n) is 5.55. The number of nitrogen functional groups attached to an aromatic ring is 1. The van der Waals surface area contributed by atoms with Crippen molar-refractivity contribution >= 4 is 17.2 Å². The van der Waals surface area contributed by atoms with Crippen LogP contribution >= 0.6 is 0 Å². The number of halogens is 1. The van der Waals surface area contributed by atoms with E-state index in [1.807, 2.05) is 46.9 Å². The lowest BCUT2D eigenvalue weighted by Crippen LogP contribution is -2.32. The van der Waals surface area contributed by atoms with Crippen molar-refractivity contribution in [2.45, 2.75) is 52.7 Å². The van der Waals surface area contributed by atoms with Gasteiger partial charge in [-0.1, -0.05) is 0 Å². The van der Waals surface area contributed by atoms with Crippen molar-refractivity contribution in [2.24, 2.45) is 5.73 Å². The average Bonchev–Trinajstić information content (AvgIpc) is 2.78. The number of rotatable bonds is 4. The Bertz CT molecular complexity index is 1130. The van der Waals surface area contributed by atoms with Crippen LogP contribution in [0.2, 0.25) is 0 Å². The van der Waals surface area contributed by atoms with Crippen molar-refractivity contribution < 1.29 is 9.13 Å². The van der Waals surface area contributed by atoms with Crippen molar-refractivity contribution in [3.63, 3.8) is 0 Å². The van der Waals surface area contributed by atoms with Gasteiger partial charge in [-0.25, -0.2) is 9.37 Å². The normalized spacial score (nSPS) is 20.1. The summed E-state index contributed by atoms with van der Waals surface area (Å²) in [4.78, 5) is 4.34. The molecule has 1 aromatic heterocycles. The molecule has 2 heterocycles. The van der Waals surface area contributed by atoms with Crippen LogP contribution in [0.1, 0.15) is 63.8 Å². The van der Waals surface area contributed by atoms with Crippen LogP contribution in [0, 0.1) is 11.2 Å². The number of nitrogens with zero attached hydrogens (tertiary/aromatic N) is 1. The van der Waals surface area contributed by atoms with Gasteiger partial charge >= 0.3 is 0 Å². The Morgan fingerprint density at radius 1 is 1.29 bits per heavy atom. The number of benzene rings is 1. The van der Waals surface area contributed by atoms with E-state index in [4.69, 9.17) is 21.6 Å². The van der Waals surface area contributed by atoms with Gasteiger partial charge in [0.1, 0.15) is 11.9 Å². The first-order valence-corrected chi connectivity index (χ1v) is 11.5. The molecule has 1 aromatic carbocycles. The van der Waals surface area contributed by atoms with Crippen LogP contribution in [0.15, 0.2) is 47.8 Å². The lowest BCUT2D eigenvalue weighted by atomic mass is 9.90. The summed E-state index contributed by atoms with van der Waals surface area (Å²) in [6.07, 6.45) is 3.40. The van der Waals surface area contributed by atoms with E-state index in [9.17, 15) is 4.39 Å². The van der Waals surface area contributed by atoms with Crippen molar-refractivity contribution in [3.8, 4) is 5.75 Å². The summed E-state index contributed by atoms with van der Waals surface area (Å²) in [5, 5.41) is 15.9. The Balaban J connectivity index is 2.30. The van der Waals surface area contributed by atoms with Gasteiger partial charge in [0.25, 0.3) is 0 Å². The molecule has 0 amide bonds. The van der Waals surface area contributed by atoms with Crippen molar-refractivity contribution in [1.82, 2.24) is 15.6 Å². The maximum absolute atomic E-state index is 14.3. The number of ether oxygens (including phenoxy) is 1. The molecule has 182 valence electrons. The third kappa shape index (κ3) is 5.75. The molecule has 0 radical (unpaired) electrons. The van der Waals surface area contributed by atoms with E-state index >= 15 is 0 Å². The highest BCUT2D eigenvalue weighted by Crippen LogP contribution is 2.34. The number of pyridine rings is 1. The molecular formula is C26H35FN6O. The highest BCUT2D eigenvalue weighted by Gasteiger charge is 2.23. The predicted molar refractivity (Wildman–Crippen MR) is 136 cm³/mol. The molecule has 1 atom stereocenters. The summed E-state index contributed by atoms with van der Waals surface area (Å²) in [6, 6.07) is 6.22. The van der Waals surface area contributed by atoms with E-state index in [1.165, 1.54) is 12.1 Å². The predicted octanol–water partition coefficient (Wildman–Crippen LogP) is 4.27. The molecule has 7 N–H and O–H groups in total. The minimum Gasteiger partial charge on any atom is -0.482 e. The molecule has 0 unspecified atom stereocenters. The Labute approximate surface area is 201 Å². The number of fused-ring (bicyclic) bond motifs is 3. The second kappa shape index (κ2) is 10.3. The molecule has 1 aliphatic rings. The Morgan fingerprint density at radius 2 is 2.03 bits per heavy atom. The Morgan fingerprint density at radius 3 is 2.68 bits per heavy atom. The second-order valence-electron chi connectivity index (χ2n) is 9.43. The van der Waals surface area contributed by atoms with Crippen molar-refractivity contribution in [2.75, 3.05) is 18.8 Å². The van der Waals surface area contributed by atoms with Gasteiger partial charge in [0.2, 0.25) is 0 Å². The van der Waals surface area contributed by atoms with Gasteiger partial charge in [-0.3, -0.25) is 5.41 Å². The molecule has 0 spiro atoms. The van der Waals surface area contributed by atoms with E-state index in [1.54, 1.807) is 12.3 Å². The zero-order valence-corrected chi connectivity index (χ0v) is 20.6. The van der Waals surface area contributed by atoms with E-state index in [-0.39, 0.29) is 23.6 Å². The standard InChI is InChI=1S/C26H35FN6O/c1-6-31-24-16(12-28)9-17(14-33-26(3,4)5)23(29)20-8-7-19(27)11-21(20)15(2)34-22-10-18(24)13-32-25(22)30/h7-8,10-11,13-15,29,31,33H,6,9,12,28H2,1-5H3,(H2,30,32)/b17-14-,24-16-,29-23?/t15-/m1/s1. The lowest BCUT2D eigenvalue weighted by Gasteiger charge is -2.25. The SMILES string of the molecule is CCN/C1=C(\CN)C/C(=C/NC(C)(C)C)C(=N)c2ccc(F)cc2[C@@H](C)Oc2cc1cnc2N. The van der Waals surface area contributed by atoms with Crippen LogP contribution in [0.4, 0.5) is 10.2 Å². The average molecular weight is 467 g/mol. The first-order valence-electron chi connectivity index (χ1n) is 11.5. The fraction of sp³-hybridized carbons (Fsp3) is 0.385. The monoisotopic (exact) mass is 466 g/mol. The molecule has 0 aliphatic carbocycles. The summed E-state index contributed by atoms with van der Waals surface area (Å²) >= 11 is 0. The number of nitrogens with one attached hydrogen (secondary N) is 3. The van der Waals surface area contributed by atoms with Crippen LogP contribution in [-0.4, -0.2) is 29.3 Å². The zero-order valence-electron chi connectivity index (χ0n) is 20.6. The highest BCUT2D eigenvalue weighted by atomic mass is 19.1. The number of allylic oxidation sites excluding steroid dienone is 1. The topological polar surface area (TPSA) is 122 Å². The minimum absolute atomic E-state index is 0.203. The van der Waals surface area contributed by atoms with Crippen LogP contribution in [0.3, 0.4) is 0 Å². The molecule has 7 nitrogen and oxygen atoms in total. The van der Waals surface area contributed by atoms with Crippen LogP contribution in [-0.2, 0) is 0 Å². The number of nitrogens with two attached hydrogens (primary N) is 2. The smallest absolute Gasteiger partial charge is 0.166 e. The van der Waals surface area contributed by atoms with Gasteiger partial charge in [-0.15, -0.1) is 0 Å². The minimum atomic E-state index is -0.567. The second-order valence-corrected chi connectivity index (χ2v) is 9.43. The summed E-state index contributed by atoms with van der Waals surface area (Å²) < 4.78 is 20.4. The van der Waals surface area contributed by atoms with Crippen molar-refractivity contribution in [3.05, 3.63) is 70.3 Å². The van der Waals surface area contributed by atoms with E-state index < -0.39 is 11.9 Å². The lowest BCUT2D eigenvalue weighted by molar-refractivity contribution is 0.227. The highest BCUT2D eigenvalue weighted by molar-refractivity contribution is 6.12. The fourth-order valence-corrected chi connectivity index (χ4v) is 3.83. The van der Waals surface area contributed by atoms with Gasteiger partial charge in [0, 0.05) is 59.8 Å². The van der Waals surface area contributed by atoms with Crippen LogP contribution in [0.5, 0.6) is 5.75 Å². The molecule has 0 fully saturated rings. The van der Waals surface area contributed by atoms with Gasteiger partial charge in [0.15, 0.2) is 11.6 Å². The van der Waals surface area contributed by atoms with Gasteiger partial charge in [-0.2, -0.15) is 0 Å². The maximum atomic E-state index is 14.3. The number of anilines is 1. The molecule has 1 aliphatic heterocycles. The largest absolute Gasteiger partial charge is 0.482 e. The summed E-state index contributed by atoms with van der Waals surface area (Å²) in [5.74, 6) is 0.231. The Kier molecular flexibility index (Phi) is 7.61. The third-order valence-corrected chi connectivity index (χ3v) is 5.55. The van der Waals surface area contributed by atoms with E-state index in [0.717, 1.165) is 22.4 Å².